The Balaban J connectivity index is 1.80. The van der Waals surface area contributed by atoms with Crippen LogP contribution in [0.25, 0.3) is 0 Å². The number of anilines is 1. The molecule has 126 valence electrons. The first-order chi connectivity index (χ1) is 12.1. The zero-order chi connectivity index (χ0) is 17.6. The van der Waals surface area contributed by atoms with Crippen LogP contribution in [-0.4, -0.2) is 10.9 Å². The molecule has 6 heteroatoms. The van der Waals surface area contributed by atoms with Gasteiger partial charge in [0.1, 0.15) is 12.3 Å². The fourth-order valence-electron chi connectivity index (χ4n) is 2.18. The molecular weight excluding hydrogens is 404 g/mol. The maximum atomic E-state index is 12.4. The molecule has 1 aromatic heterocycles. The highest BCUT2D eigenvalue weighted by Gasteiger charge is 2.14. The summed E-state index contributed by atoms with van der Waals surface area (Å²) in [6.07, 6.45) is 1.60. The number of amides is 1. The fourth-order valence-corrected chi connectivity index (χ4v) is 2.76. The minimum Gasteiger partial charge on any atom is -0.471 e. The molecule has 0 saturated carbocycles. The van der Waals surface area contributed by atoms with Gasteiger partial charge in [-0.2, -0.15) is 0 Å². The van der Waals surface area contributed by atoms with Crippen LogP contribution in [0.15, 0.2) is 71.3 Å². The molecule has 0 radical (unpaired) electrons. The molecule has 0 unspecified atom stereocenters. The molecule has 1 amide bonds. The van der Waals surface area contributed by atoms with E-state index in [1.165, 1.54) is 0 Å². The van der Waals surface area contributed by atoms with Crippen molar-refractivity contribution >= 4 is 39.1 Å². The summed E-state index contributed by atoms with van der Waals surface area (Å²) in [5, 5.41) is 3.46. The molecule has 0 aliphatic rings. The summed E-state index contributed by atoms with van der Waals surface area (Å²) in [6, 6.07) is 18.1. The molecule has 0 atom stereocenters. The first-order valence-electron chi connectivity index (χ1n) is 7.52. The number of hydrogen-bond donors (Lipinski definition) is 1. The van der Waals surface area contributed by atoms with Crippen LogP contribution in [0, 0.1) is 0 Å². The Morgan fingerprint density at radius 2 is 1.80 bits per heavy atom. The van der Waals surface area contributed by atoms with E-state index in [1.54, 1.807) is 30.5 Å². The summed E-state index contributed by atoms with van der Waals surface area (Å²) in [7, 11) is 0. The normalized spacial score (nSPS) is 10.3. The van der Waals surface area contributed by atoms with E-state index < -0.39 is 0 Å². The number of nitrogens with one attached hydrogen (secondary N) is 1. The molecule has 0 aliphatic heterocycles. The zero-order valence-corrected chi connectivity index (χ0v) is 15.4. The van der Waals surface area contributed by atoms with Gasteiger partial charge in [-0.3, -0.25) is 4.79 Å². The predicted molar refractivity (Wildman–Crippen MR) is 102 cm³/mol. The quantitative estimate of drug-likeness (QED) is 0.610. The van der Waals surface area contributed by atoms with Crippen LogP contribution in [0.4, 0.5) is 5.69 Å². The van der Waals surface area contributed by atoms with Crippen molar-refractivity contribution in [2.24, 2.45) is 0 Å². The van der Waals surface area contributed by atoms with Gasteiger partial charge in [0, 0.05) is 26.8 Å². The maximum Gasteiger partial charge on any atom is 0.255 e. The number of ether oxygens (including phenoxy) is 1. The van der Waals surface area contributed by atoms with Crippen LogP contribution in [0.1, 0.15) is 15.9 Å². The lowest BCUT2D eigenvalue weighted by molar-refractivity contribution is 0.102. The van der Waals surface area contributed by atoms with Crippen molar-refractivity contribution in [1.82, 2.24) is 4.98 Å². The minimum absolute atomic E-state index is 0.239. The molecule has 0 aliphatic carbocycles. The average molecular weight is 418 g/mol. The van der Waals surface area contributed by atoms with E-state index in [4.69, 9.17) is 16.3 Å². The molecule has 0 saturated heterocycles. The number of aromatic nitrogens is 1. The van der Waals surface area contributed by atoms with E-state index in [-0.39, 0.29) is 12.5 Å². The molecule has 0 bridgehead atoms. The van der Waals surface area contributed by atoms with E-state index in [2.05, 4.69) is 26.2 Å². The number of hydrogen-bond acceptors (Lipinski definition) is 3. The standard InChI is InChI=1S/C19H14BrClN2O2/c20-15-10-11-22-19(25-12-14-8-4-5-9-16(14)21)17(15)23-18(24)13-6-2-1-3-7-13/h1-11H,12H2,(H,23,24). The second-order valence-electron chi connectivity index (χ2n) is 5.17. The van der Waals surface area contributed by atoms with Gasteiger partial charge in [-0.1, -0.05) is 48.0 Å². The lowest BCUT2D eigenvalue weighted by atomic mass is 10.2. The number of pyridine rings is 1. The molecular formula is C19H14BrClN2O2. The Kier molecular flexibility index (Phi) is 5.68. The van der Waals surface area contributed by atoms with E-state index >= 15 is 0 Å². The van der Waals surface area contributed by atoms with Gasteiger partial charge in [-0.25, -0.2) is 4.98 Å². The monoisotopic (exact) mass is 416 g/mol. The Morgan fingerprint density at radius 1 is 1.08 bits per heavy atom. The average Bonchev–Trinajstić information content (AvgIpc) is 2.64. The highest BCUT2D eigenvalue weighted by atomic mass is 79.9. The highest BCUT2D eigenvalue weighted by Crippen LogP contribution is 2.31. The van der Waals surface area contributed by atoms with Crippen molar-refractivity contribution in [3.63, 3.8) is 0 Å². The summed E-state index contributed by atoms with van der Waals surface area (Å²) in [5.41, 5.74) is 1.87. The topological polar surface area (TPSA) is 51.2 Å². The van der Waals surface area contributed by atoms with Gasteiger partial charge in [0.2, 0.25) is 5.88 Å². The molecule has 0 spiro atoms. The van der Waals surface area contributed by atoms with Gasteiger partial charge in [0.15, 0.2) is 0 Å². The largest absolute Gasteiger partial charge is 0.471 e. The van der Waals surface area contributed by atoms with E-state index in [0.29, 0.717) is 26.6 Å². The van der Waals surface area contributed by atoms with Crippen molar-refractivity contribution in [2.75, 3.05) is 5.32 Å². The summed E-state index contributed by atoms with van der Waals surface area (Å²) >= 11 is 9.57. The van der Waals surface area contributed by atoms with Gasteiger partial charge in [0.25, 0.3) is 5.91 Å². The van der Waals surface area contributed by atoms with Crippen LogP contribution in [0.5, 0.6) is 5.88 Å². The maximum absolute atomic E-state index is 12.4. The second-order valence-corrected chi connectivity index (χ2v) is 6.43. The zero-order valence-electron chi connectivity index (χ0n) is 13.1. The fraction of sp³-hybridized carbons (Fsp3) is 0.0526. The Labute approximate surface area is 158 Å². The highest BCUT2D eigenvalue weighted by molar-refractivity contribution is 9.10. The lowest BCUT2D eigenvalue weighted by Gasteiger charge is -2.13. The third-order valence-corrected chi connectivity index (χ3v) is 4.49. The van der Waals surface area contributed by atoms with E-state index in [9.17, 15) is 4.79 Å². The number of rotatable bonds is 5. The lowest BCUT2D eigenvalue weighted by Crippen LogP contribution is -2.14. The Bertz CT molecular complexity index is 888. The number of halogens is 2. The number of carbonyl (C=O) groups excluding carboxylic acids is 1. The van der Waals surface area contributed by atoms with Gasteiger partial charge >= 0.3 is 0 Å². The third-order valence-electron chi connectivity index (χ3n) is 3.46. The van der Waals surface area contributed by atoms with Crippen molar-refractivity contribution in [1.29, 1.82) is 0 Å². The van der Waals surface area contributed by atoms with Crippen molar-refractivity contribution in [3.8, 4) is 5.88 Å². The molecule has 3 aromatic rings. The summed E-state index contributed by atoms with van der Waals surface area (Å²) in [5.74, 6) is 0.0791. The summed E-state index contributed by atoms with van der Waals surface area (Å²) in [4.78, 5) is 16.6. The number of carbonyl (C=O) groups is 1. The van der Waals surface area contributed by atoms with Gasteiger partial charge in [-0.05, 0) is 40.2 Å². The SMILES string of the molecule is O=C(Nc1c(Br)ccnc1OCc1ccccc1Cl)c1ccccc1. The Hall–Kier alpha value is -2.37. The molecule has 3 rings (SSSR count). The molecule has 2 aromatic carbocycles. The van der Waals surface area contributed by atoms with Gasteiger partial charge < -0.3 is 10.1 Å². The van der Waals surface area contributed by atoms with Crippen LogP contribution >= 0.6 is 27.5 Å². The third kappa shape index (κ3) is 4.38. The van der Waals surface area contributed by atoms with Crippen LogP contribution in [-0.2, 0) is 6.61 Å². The second kappa shape index (κ2) is 8.14. The molecule has 25 heavy (non-hydrogen) atoms. The molecule has 4 nitrogen and oxygen atoms in total. The molecule has 1 N–H and O–H groups in total. The smallest absolute Gasteiger partial charge is 0.255 e. The van der Waals surface area contributed by atoms with Crippen molar-refractivity contribution in [3.05, 3.63) is 87.5 Å². The minimum atomic E-state index is -0.239. The molecule has 1 heterocycles. The summed E-state index contributed by atoms with van der Waals surface area (Å²) < 4.78 is 6.46. The van der Waals surface area contributed by atoms with Crippen molar-refractivity contribution in [2.45, 2.75) is 6.61 Å². The number of benzene rings is 2. The van der Waals surface area contributed by atoms with Crippen LogP contribution < -0.4 is 10.1 Å². The van der Waals surface area contributed by atoms with Crippen LogP contribution in [0.2, 0.25) is 5.02 Å². The van der Waals surface area contributed by atoms with E-state index in [1.807, 2.05) is 36.4 Å². The predicted octanol–water partition coefficient (Wildman–Crippen LogP) is 5.33. The molecule has 0 fully saturated rings. The van der Waals surface area contributed by atoms with Gasteiger partial charge in [0.05, 0.1) is 0 Å². The number of nitrogens with zero attached hydrogens (tertiary/aromatic N) is 1. The Morgan fingerprint density at radius 3 is 2.56 bits per heavy atom. The summed E-state index contributed by atoms with van der Waals surface area (Å²) in [6.45, 7) is 0.247. The first-order valence-corrected chi connectivity index (χ1v) is 8.69. The first kappa shape index (κ1) is 17.5. The van der Waals surface area contributed by atoms with Gasteiger partial charge in [-0.15, -0.1) is 0 Å². The van der Waals surface area contributed by atoms with Crippen LogP contribution in [0.3, 0.4) is 0 Å². The van der Waals surface area contributed by atoms with E-state index in [0.717, 1.165) is 5.56 Å². The van der Waals surface area contributed by atoms with Crippen molar-refractivity contribution < 1.29 is 9.53 Å².